The first kappa shape index (κ1) is 9.31. The summed E-state index contributed by atoms with van der Waals surface area (Å²) in [4.78, 5) is 0.145. The Balaban J connectivity index is 3.31. The number of rotatable bonds is 1. The Hall–Kier alpha value is -0.780. The van der Waals surface area contributed by atoms with Gasteiger partial charge in [-0.25, -0.2) is 4.21 Å². The second-order valence-corrected chi connectivity index (χ2v) is 3.53. The van der Waals surface area contributed by atoms with Gasteiger partial charge in [-0.3, -0.25) is 0 Å². The summed E-state index contributed by atoms with van der Waals surface area (Å²) < 4.78 is 19.3. The fourth-order valence-electron chi connectivity index (χ4n) is 0.714. The van der Waals surface area contributed by atoms with Crippen molar-refractivity contribution in [1.29, 1.82) is 0 Å². The maximum absolute atomic E-state index is 10.6. The summed E-state index contributed by atoms with van der Waals surface area (Å²) in [6.45, 7) is 0. The van der Waals surface area contributed by atoms with Crippen LogP contribution in [0.3, 0.4) is 0 Å². The number of benzene rings is 1. The molecule has 1 unspecified atom stereocenters. The van der Waals surface area contributed by atoms with E-state index in [1.54, 1.807) is 0 Å². The van der Waals surface area contributed by atoms with Crippen LogP contribution in [0.1, 0.15) is 0 Å². The molecule has 12 heavy (non-hydrogen) atoms. The van der Waals surface area contributed by atoms with Crippen LogP contribution >= 0.6 is 11.6 Å². The fourth-order valence-corrected chi connectivity index (χ4v) is 1.45. The van der Waals surface area contributed by atoms with Crippen molar-refractivity contribution in [2.75, 3.05) is 11.5 Å². The quantitative estimate of drug-likeness (QED) is 0.474. The molecule has 0 amide bonds. The van der Waals surface area contributed by atoms with Crippen LogP contribution in [0.25, 0.3) is 0 Å². The van der Waals surface area contributed by atoms with Crippen molar-refractivity contribution >= 4 is 34.1 Å². The van der Waals surface area contributed by atoms with Crippen LogP contribution in [-0.2, 0) is 11.1 Å². The molecule has 5 N–H and O–H groups in total. The number of hydrogen-bond donors (Lipinski definition) is 3. The van der Waals surface area contributed by atoms with E-state index in [1.807, 2.05) is 0 Å². The van der Waals surface area contributed by atoms with Crippen molar-refractivity contribution < 1.29 is 8.76 Å². The van der Waals surface area contributed by atoms with Crippen molar-refractivity contribution in [1.82, 2.24) is 0 Å². The normalized spacial score (nSPS) is 12.8. The van der Waals surface area contributed by atoms with Crippen molar-refractivity contribution in [3.8, 4) is 0 Å². The van der Waals surface area contributed by atoms with Gasteiger partial charge in [-0.05, 0) is 12.1 Å². The number of nitrogens with two attached hydrogens (primary N) is 2. The molecule has 0 aliphatic heterocycles. The van der Waals surface area contributed by atoms with Gasteiger partial charge in [0.25, 0.3) is 0 Å². The zero-order valence-electron chi connectivity index (χ0n) is 5.95. The zero-order chi connectivity index (χ0) is 9.30. The molecule has 1 aromatic rings. The van der Waals surface area contributed by atoms with E-state index in [1.165, 1.54) is 12.1 Å². The third kappa shape index (κ3) is 1.69. The first-order chi connectivity index (χ1) is 5.52. The molecule has 0 saturated heterocycles. The molecule has 0 aromatic heterocycles. The molecular formula is C6H7ClN2O2S. The lowest BCUT2D eigenvalue weighted by Crippen LogP contribution is -1.98. The zero-order valence-corrected chi connectivity index (χ0v) is 7.52. The van der Waals surface area contributed by atoms with Gasteiger partial charge in [0.1, 0.15) is 0 Å². The predicted molar refractivity (Wildman–Crippen MR) is 49.3 cm³/mol. The summed E-state index contributed by atoms with van der Waals surface area (Å²) in [5.74, 6) is 0. The van der Waals surface area contributed by atoms with Crippen LogP contribution in [0.5, 0.6) is 0 Å². The van der Waals surface area contributed by atoms with E-state index < -0.39 is 11.1 Å². The standard InChI is InChI=1S/C6H7ClN2O2S/c7-4-1-3(12(10)11)2-5(8)6(4)9/h1-2H,8-9H2,(H,10,11). The highest BCUT2D eigenvalue weighted by Crippen LogP contribution is 2.27. The van der Waals surface area contributed by atoms with Crippen molar-refractivity contribution in [2.24, 2.45) is 0 Å². The van der Waals surface area contributed by atoms with E-state index in [0.717, 1.165) is 0 Å². The average molecular weight is 207 g/mol. The van der Waals surface area contributed by atoms with Crippen LogP contribution in [0.15, 0.2) is 17.0 Å². The highest BCUT2D eigenvalue weighted by atomic mass is 35.5. The lowest BCUT2D eigenvalue weighted by atomic mass is 10.3. The molecule has 0 bridgehead atoms. The molecule has 0 heterocycles. The van der Waals surface area contributed by atoms with E-state index in [0.29, 0.717) is 0 Å². The topological polar surface area (TPSA) is 89.3 Å². The summed E-state index contributed by atoms with van der Waals surface area (Å²) in [6, 6.07) is 2.63. The fraction of sp³-hybridized carbons (Fsp3) is 0. The molecule has 0 aliphatic carbocycles. The molecule has 0 fully saturated rings. The maximum Gasteiger partial charge on any atom is 0.186 e. The Kier molecular flexibility index (Phi) is 2.56. The molecule has 1 atom stereocenters. The summed E-state index contributed by atoms with van der Waals surface area (Å²) >= 11 is 3.53. The van der Waals surface area contributed by atoms with Gasteiger partial charge < -0.3 is 16.0 Å². The van der Waals surface area contributed by atoms with Crippen LogP contribution < -0.4 is 11.5 Å². The van der Waals surface area contributed by atoms with Gasteiger partial charge in [0.2, 0.25) is 0 Å². The maximum atomic E-state index is 10.6. The minimum atomic E-state index is -2.08. The van der Waals surface area contributed by atoms with E-state index in [-0.39, 0.29) is 21.3 Å². The predicted octanol–water partition coefficient (Wildman–Crippen LogP) is 1.08. The Morgan fingerprint density at radius 3 is 2.42 bits per heavy atom. The summed E-state index contributed by atoms with van der Waals surface area (Å²) in [5, 5.41) is 0.187. The van der Waals surface area contributed by atoms with Crippen LogP contribution in [-0.4, -0.2) is 8.76 Å². The smallest absolute Gasteiger partial charge is 0.186 e. The minimum absolute atomic E-state index is 0.145. The first-order valence-corrected chi connectivity index (χ1v) is 4.46. The molecular weight excluding hydrogens is 200 g/mol. The molecule has 0 spiro atoms. The van der Waals surface area contributed by atoms with Crippen LogP contribution in [0.4, 0.5) is 11.4 Å². The Labute approximate surface area is 76.8 Å². The largest absolute Gasteiger partial charge is 0.397 e. The Morgan fingerprint density at radius 1 is 1.42 bits per heavy atom. The van der Waals surface area contributed by atoms with Crippen molar-refractivity contribution in [2.45, 2.75) is 4.90 Å². The van der Waals surface area contributed by atoms with Gasteiger partial charge in [-0.2, -0.15) is 0 Å². The average Bonchev–Trinajstić information content (AvgIpc) is 1.99. The SMILES string of the molecule is Nc1cc(S(=O)O)cc(Cl)c1N. The first-order valence-electron chi connectivity index (χ1n) is 2.97. The molecule has 0 radical (unpaired) electrons. The van der Waals surface area contributed by atoms with E-state index >= 15 is 0 Å². The summed E-state index contributed by atoms with van der Waals surface area (Å²) in [6.07, 6.45) is 0. The third-order valence-corrected chi connectivity index (χ3v) is 2.29. The summed E-state index contributed by atoms with van der Waals surface area (Å²) in [5.41, 5.74) is 11.3. The highest BCUT2D eigenvalue weighted by Gasteiger charge is 2.06. The monoisotopic (exact) mass is 206 g/mol. The molecule has 0 aliphatic rings. The Bertz CT molecular complexity index is 319. The van der Waals surface area contributed by atoms with E-state index in [9.17, 15) is 4.21 Å². The van der Waals surface area contributed by atoms with Gasteiger partial charge in [0.15, 0.2) is 11.1 Å². The van der Waals surface area contributed by atoms with Crippen molar-refractivity contribution in [3.05, 3.63) is 17.2 Å². The van der Waals surface area contributed by atoms with Gasteiger partial charge in [-0.15, -0.1) is 0 Å². The minimum Gasteiger partial charge on any atom is -0.397 e. The molecule has 6 heteroatoms. The number of nitrogen functional groups attached to an aromatic ring is 2. The molecule has 1 aromatic carbocycles. The number of hydrogen-bond acceptors (Lipinski definition) is 3. The number of anilines is 2. The molecule has 66 valence electrons. The highest BCUT2D eigenvalue weighted by molar-refractivity contribution is 7.79. The van der Waals surface area contributed by atoms with Gasteiger partial charge in [0, 0.05) is 0 Å². The summed E-state index contributed by atoms with van der Waals surface area (Å²) in [7, 11) is 0. The van der Waals surface area contributed by atoms with Crippen LogP contribution in [0.2, 0.25) is 5.02 Å². The molecule has 1 rings (SSSR count). The molecule has 0 saturated carbocycles. The lowest BCUT2D eigenvalue weighted by molar-refractivity contribution is 0.564. The van der Waals surface area contributed by atoms with Gasteiger partial charge in [0.05, 0.1) is 21.3 Å². The molecule has 4 nitrogen and oxygen atoms in total. The Morgan fingerprint density at radius 2 is 2.00 bits per heavy atom. The third-order valence-electron chi connectivity index (χ3n) is 1.34. The second kappa shape index (κ2) is 3.30. The van der Waals surface area contributed by atoms with Gasteiger partial charge in [-0.1, -0.05) is 11.6 Å². The van der Waals surface area contributed by atoms with Crippen molar-refractivity contribution in [3.63, 3.8) is 0 Å². The van der Waals surface area contributed by atoms with E-state index in [2.05, 4.69) is 0 Å². The lowest BCUT2D eigenvalue weighted by Gasteiger charge is -2.03. The van der Waals surface area contributed by atoms with Crippen LogP contribution in [0, 0.1) is 0 Å². The van der Waals surface area contributed by atoms with E-state index in [4.69, 9.17) is 27.6 Å². The number of halogens is 1. The second-order valence-electron chi connectivity index (χ2n) is 2.16. The van der Waals surface area contributed by atoms with Gasteiger partial charge >= 0.3 is 0 Å².